The molecule has 1 aliphatic heterocycles. The van der Waals surface area contributed by atoms with Gasteiger partial charge in [0.25, 0.3) is 0 Å². The van der Waals surface area contributed by atoms with E-state index in [-0.39, 0.29) is 11.0 Å². The lowest BCUT2D eigenvalue weighted by Crippen LogP contribution is -2.45. The lowest BCUT2D eigenvalue weighted by Gasteiger charge is -2.28. The molecule has 1 saturated heterocycles. The summed E-state index contributed by atoms with van der Waals surface area (Å²) in [7, 11) is -3.31. The van der Waals surface area contributed by atoms with Gasteiger partial charge in [-0.25, -0.2) is 8.42 Å². The van der Waals surface area contributed by atoms with Crippen LogP contribution in [0.2, 0.25) is 0 Å². The second kappa shape index (κ2) is 4.45. The Kier molecular flexibility index (Phi) is 3.87. The molecular weight excluding hydrogens is 232 g/mol. The zero-order valence-electron chi connectivity index (χ0n) is 9.45. The molecule has 1 unspecified atom stereocenters. The Morgan fingerprint density at radius 2 is 1.93 bits per heavy atom. The summed E-state index contributed by atoms with van der Waals surface area (Å²) in [6.45, 7) is 3.03. The number of carbonyl (C=O) groups is 1. The third-order valence-corrected chi connectivity index (χ3v) is 6.42. The Bertz CT molecular complexity index is 338. The van der Waals surface area contributed by atoms with Crippen molar-refractivity contribution < 1.29 is 13.2 Å². The molecule has 0 N–H and O–H groups in total. The van der Waals surface area contributed by atoms with Crippen molar-refractivity contribution in [3.8, 4) is 0 Å². The van der Waals surface area contributed by atoms with Gasteiger partial charge in [-0.2, -0.15) is 11.8 Å². The molecule has 0 amide bonds. The van der Waals surface area contributed by atoms with Crippen LogP contribution >= 0.6 is 11.8 Å². The fourth-order valence-corrected chi connectivity index (χ4v) is 3.53. The third-order valence-electron chi connectivity index (χ3n) is 2.99. The zero-order chi connectivity index (χ0) is 11.7. The highest BCUT2D eigenvalue weighted by atomic mass is 32.2. The van der Waals surface area contributed by atoms with Crippen molar-refractivity contribution in [3.63, 3.8) is 0 Å². The summed E-state index contributed by atoms with van der Waals surface area (Å²) in [5.74, 6) is 0.839. The van der Waals surface area contributed by atoms with Gasteiger partial charge in [0.05, 0.1) is 5.25 Å². The lowest BCUT2D eigenvalue weighted by atomic mass is 10.0. The number of Topliss-reactive ketones (excluding diaryl/α,β-unsaturated/α-hetero) is 1. The van der Waals surface area contributed by atoms with E-state index in [9.17, 15) is 13.2 Å². The van der Waals surface area contributed by atoms with Crippen LogP contribution < -0.4 is 0 Å². The molecule has 0 aromatic heterocycles. The van der Waals surface area contributed by atoms with E-state index in [4.69, 9.17) is 0 Å². The van der Waals surface area contributed by atoms with Crippen LogP contribution in [-0.4, -0.2) is 36.2 Å². The van der Waals surface area contributed by atoms with E-state index in [0.29, 0.717) is 0 Å². The van der Waals surface area contributed by atoms with Crippen molar-refractivity contribution >= 4 is 27.4 Å². The summed E-state index contributed by atoms with van der Waals surface area (Å²) >= 11 is 1.60. The Hall–Kier alpha value is -0.0300. The SMILES string of the molecule is CC(C)(C(=O)C1CCCCS1)S(C)(=O)=O. The molecule has 0 aromatic rings. The first-order valence-corrected chi connectivity index (χ1v) is 8.06. The van der Waals surface area contributed by atoms with Gasteiger partial charge in [-0.05, 0) is 32.4 Å². The summed E-state index contributed by atoms with van der Waals surface area (Å²) in [6, 6.07) is 0. The molecule has 0 aromatic carbocycles. The van der Waals surface area contributed by atoms with Gasteiger partial charge in [-0.3, -0.25) is 4.79 Å². The fraction of sp³-hybridized carbons (Fsp3) is 0.900. The van der Waals surface area contributed by atoms with Crippen LogP contribution in [0, 0.1) is 0 Å². The Labute approximate surface area is 95.9 Å². The third kappa shape index (κ3) is 2.75. The molecule has 0 spiro atoms. The minimum Gasteiger partial charge on any atom is -0.297 e. The maximum absolute atomic E-state index is 12.1. The Balaban J connectivity index is 2.83. The molecule has 1 rings (SSSR count). The molecule has 1 fully saturated rings. The second-order valence-electron chi connectivity index (χ2n) is 4.50. The molecule has 1 atom stereocenters. The highest BCUT2D eigenvalue weighted by molar-refractivity contribution is 8.01. The second-order valence-corrected chi connectivity index (χ2v) is 8.38. The number of hydrogen-bond donors (Lipinski definition) is 0. The molecule has 0 bridgehead atoms. The van der Waals surface area contributed by atoms with E-state index in [1.807, 2.05) is 0 Å². The maximum atomic E-state index is 12.1. The molecule has 1 heterocycles. The van der Waals surface area contributed by atoms with E-state index in [1.54, 1.807) is 11.8 Å². The molecule has 0 radical (unpaired) electrons. The Morgan fingerprint density at radius 1 is 1.33 bits per heavy atom. The zero-order valence-corrected chi connectivity index (χ0v) is 11.1. The standard InChI is InChI=1S/C10H18O3S2/c1-10(2,15(3,12)13)9(11)8-6-4-5-7-14-8/h8H,4-7H2,1-3H3. The van der Waals surface area contributed by atoms with Crippen LogP contribution in [-0.2, 0) is 14.6 Å². The number of ketones is 1. The molecule has 15 heavy (non-hydrogen) atoms. The van der Waals surface area contributed by atoms with Gasteiger partial charge >= 0.3 is 0 Å². The Morgan fingerprint density at radius 3 is 2.33 bits per heavy atom. The van der Waals surface area contributed by atoms with Crippen molar-refractivity contribution in [3.05, 3.63) is 0 Å². The topological polar surface area (TPSA) is 51.2 Å². The van der Waals surface area contributed by atoms with Crippen molar-refractivity contribution in [2.24, 2.45) is 0 Å². The van der Waals surface area contributed by atoms with E-state index in [2.05, 4.69) is 0 Å². The van der Waals surface area contributed by atoms with Gasteiger partial charge in [0, 0.05) is 6.26 Å². The molecule has 88 valence electrons. The van der Waals surface area contributed by atoms with Gasteiger partial charge in [0.2, 0.25) is 0 Å². The summed E-state index contributed by atoms with van der Waals surface area (Å²) in [6.07, 6.45) is 4.12. The summed E-state index contributed by atoms with van der Waals surface area (Å²) < 4.78 is 21.8. The van der Waals surface area contributed by atoms with Gasteiger partial charge in [0.1, 0.15) is 4.75 Å². The van der Waals surface area contributed by atoms with Crippen molar-refractivity contribution in [2.45, 2.75) is 43.1 Å². The van der Waals surface area contributed by atoms with Crippen LogP contribution in [0.3, 0.4) is 0 Å². The number of rotatable bonds is 3. The molecule has 1 aliphatic rings. The highest BCUT2D eigenvalue weighted by Crippen LogP contribution is 2.31. The summed E-state index contributed by atoms with van der Waals surface area (Å²) in [5.41, 5.74) is 0. The normalized spacial score (nSPS) is 23.8. The van der Waals surface area contributed by atoms with Crippen molar-refractivity contribution in [1.29, 1.82) is 0 Å². The molecule has 0 aliphatic carbocycles. The highest BCUT2D eigenvalue weighted by Gasteiger charge is 2.42. The van der Waals surface area contributed by atoms with E-state index >= 15 is 0 Å². The van der Waals surface area contributed by atoms with Gasteiger partial charge in [-0.15, -0.1) is 0 Å². The monoisotopic (exact) mass is 250 g/mol. The molecule has 5 heteroatoms. The number of carbonyl (C=O) groups excluding carboxylic acids is 1. The first-order valence-electron chi connectivity index (χ1n) is 5.12. The maximum Gasteiger partial charge on any atom is 0.166 e. The minimum absolute atomic E-state index is 0.122. The summed E-state index contributed by atoms with van der Waals surface area (Å²) in [4.78, 5) is 12.1. The fourth-order valence-electron chi connectivity index (χ4n) is 1.52. The first kappa shape index (κ1) is 13.0. The molecular formula is C10H18O3S2. The van der Waals surface area contributed by atoms with E-state index < -0.39 is 14.6 Å². The average Bonchev–Trinajstić information content (AvgIpc) is 2.16. The lowest BCUT2D eigenvalue weighted by molar-refractivity contribution is -0.120. The molecule has 0 saturated carbocycles. The van der Waals surface area contributed by atoms with Crippen LogP contribution in [0.4, 0.5) is 0 Å². The van der Waals surface area contributed by atoms with E-state index in [0.717, 1.165) is 31.3 Å². The quantitative estimate of drug-likeness (QED) is 0.764. The first-order chi connectivity index (χ1) is 6.77. The van der Waals surface area contributed by atoms with Crippen LogP contribution in [0.5, 0.6) is 0 Å². The predicted octanol–water partition coefficient (Wildman–Crippen LogP) is 1.66. The molecule has 3 nitrogen and oxygen atoms in total. The summed E-state index contributed by atoms with van der Waals surface area (Å²) in [5, 5.41) is -0.122. The van der Waals surface area contributed by atoms with Crippen LogP contribution in [0.15, 0.2) is 0 Å². The number of sulfone groups is 1. The van der Waals surface area contributed by atoms with Gasteiger partial charge in [-0.1, -0.05) is 6.42 Å². The van der Waals surface area contributed by atoms with Crippen molar-refractivity contribution in [1.82, 2.24) is 0 Å². The van der Waals surface area contributed by atoms with Gasteiger partial charge in [0.15, 0.2) is 15.6 Å². The predicted molar refractivity (Wildman–Crippen MR) is 64.0 cm³/mol. The van der Waals surface area contributed by atoms with Crippen LogP contribution in [0.1, 0.15) is 33.1 Å². The van der Waals surface area contributed by atoms with Crippen LogP contribution in [0.25, 0.3) is 0 Å². The number of thioether (sulfide) groups is 1. The largest absolute Gasteiger partial charge is 0.297 e. The number of hydrogen-bond acceptors (Lipinski definition) is 4. The van der Waals surface area contributed by atoms with E-state index in [1.165, 1.54) is 13.8 Å². The van der Waals surface area contributed by atoms with Gasteiger partial charge < -0.3 is 0 Å². The minimum atomic E-state index is -3.31. The smallest absolute Gasteiger partial charge is 0.166 e. The van der Waals surface area contributed by atoms with Crippen molar-refractivity contribution in [2.75, 3.05) is 12.0 Å². The average molecular weight is 250 g/mol.